The van der Waals surface area contributed by atoms with Gasteiger partial charge in [0.1, 0.15) is 0 Å². The first-order valence-electron chi connectivity index (χ1n) is 5.43. The highest BCUT2D eigenvalue weighted by molar-refractivity contribution is 7.80. The molecule has 1 amide bonds. The van der Waals surface area contributed by atoms with E-state index in [4.69, 9.17) is 23.7 Å². The van der Waals surface area contributed by atoms with Gasteiger partial charge in [0, 0.05) is 6.54 Å². The van der Waals surface area contributed by atoms with Crippen LogP contribution in [-0.2, 0) is 4.79 Å². The maximum atomic E-state index is 10.9. The van der Waals surface area contributed by atoms with Crippen LogP contribution >= 0.6 is 12.2 Å². The van der Waals surface area contributed by atoms with Crippen LogP contribution in [-0.4, -0.2) is 34.9 Å². The Morgan fingerprint density at radius 1 is 1.33 bits per heavy atom. The number of hydrogen-bond donors (Lipinski definition) is 2. The Morgan fingerprint density at radius 3 is 2.53 bits per heavy atom. The van der Waals surface area contributed by atoms with Crippen LogP contribution in [0.3, 0.4) is 0 Å². The van der Waals surface area contributed by atoms with E-state index in [0.29, 0.717) is 4.99 Å². The van der Waals surface area contributed by atoms with Crippen molar-refractivity contribution in [1.29, 1.82) is 0 Å². The Balaban J connectivity index is 2.01. The van der Waals surface area contributed by atoms with Crippen molar-refractivity contribution in [2.45, 2.75) is 38.1 Å². The molecular formula is C10H19N3OS. The van der Waals surface area contributed by atoms with Crippen molar-refractivity contribution in [3.05, 3.63) is 0 Å². The summed E-state index contributed by atoms with van der Waals surface area (Å²) in [6.07, 6.45) is 4.99. The number of nitrogens with zero attached hydrogens (tertiary/aromatic N) is 1. The average Bonchev–Trinajstić information content (AvgIpc) is 2.07. The number of carbonyl (C=O) groups is 1. The lowest BCUT2D eigenvalue weighted by atomic mass is 10.0. The quantitative estimate of drug-likeness (QED) is 0.489. The minimum Gasteiger partial charge on any atom is -0.393 e. The van der Waals surface area contributed by atoms with E-state index >= 15 is 0 Å². The lowest BCUT2D eigenvalue weighted by Crippen LogP contribution is -2.54. The van der Waals surface area contributed by atoms with Gasteiger partial charge in [-0.2, -0.15) is 0 Å². The van der Waals surface area contributed by atoms with Crippen molar-refractivity contribution in [2.24, 2.45) is 11.5 Å². The van der Waals surface area contributed by atoms with E-state index in [0.717, 1.165) is 45.2 Å². The fraction of sp³-hybridized carbons (Fsp3) is 0.800. The molecule has 1 fully saturated rings. The van der Waals surface area contributed by atoms with Crippen molar-refractivity contribution < 1.29 is 4.79 Å². The predicted molar refractivity (Wildman–Crippen MR) is 64.4 cm³/mol. The molecule has 4 N–H and O–H groups in total. The summed E-state index contributed by atoms with van der Waals surface area (Å²) in [6, 6.07) is -0.0133. The average molecular weight is 229 g/mol. The van der Waals surface area contributed by atoms with Gasteiger partial charge in [0.15, 0.2) is 0 Å². The third-order valence-electron chi connectivity index (χ3n) is 2.83. The highest BCUT2D eigenvalue weighted by Gasteiger charge is 2.31. The summed E-state index contributed by atoms with van der Waals surface area (Å²) >= 11 is 4.79. The number of thiocarbonyl (C=S) groups is 1. The fourth-order valence-electron chi connectivity index (χ4n) is 1.82. The zero-order valence-electron chi connectivity index (χ0n) is 8.95. The molecule has 0 saturated carbocycles. The molecule has 0 aliphatic carbocycles. The normalized spacial score (nSPS) is 20.9. The molecule has 0 radical (unpaired) electrons. The fourth-order valence-corrected chi connectivity index (χ4v) is 1.97. The summed E-state index contributed by atoms with van der Waals surface area (Å²) in [5.74, 6) is -0.190. The number of likely N-dealkylation sites (tertiary alicyclic amines) is 1. The van der Waals surface area contributed by atoms with Gasteiger partial charge in [0.25, 0.3) is 0 Å². The highest BCUT2D eigenvalue weighted by atomic mass is 32.1. The lowest BCUT2D eigenvalue weighted by molar-refractivity contribution is -0.127. The van der Waals surface area contributed by atoms with E-state index in [1.165, 1.54) is 0 Å². The smallest absolute Gasteiger partial charge is 0.234 e. The molecule has 1 aliphatic rings. The molecule has 1 rings (SSSR count). The van der Waals surface area contributed by atoms with Crippen LogP contribution in [0.25, 0.3) is 0 Å². The largest absolute Gasteiger partial charge is 0.393 e. The molecule has 1 atom stereocenters. The van der Waals surface area contributed by atoms with E-state index in [-0.39, 0.29) is 11.9 Å². The molecule has 4 nitrogen and oxygen atoms in total. The first kappa shape index (κ1) is 12.4. The van der Waals surface area contributed by atoms with Gasteiger partial charge in [0.05, 0.1) is 11.0 Å². The van der Waals surface area contributed by atoms with Gasteiger partial charge in [-0.25, -0.2) is 0 Å². The maximum Gasteiger partial charge on any atom is 0.234 e. The van der Waals surface area contributed by atoms with Gasteiger partial charge in [-0.05, 0) is 32.2 Å². The van der Waals surface area contributed by atoms with E-state index in [9.17, 15) is 4.79 Å². The second-order valence-corrected chi connectivity index (χ2v) is 4.54. The molecule has 15 heavy (non-hydrogen) atoms. The predicted octanol–water partition coefficient (Wildman–Crippen LogP) is 0.392. The second-order valence-electron chi connectivity index (χ2n) is 4.02. The van der Waals surface area contributed by atoms with Crippen molar-refractivity contribution >= 4 is 23.1 Å². The third-order valence-corrected chi connectivity index (χ3v) is 3.03. The lowest BCUT2D eigenvalue weighted by Gasteiger charge is -2.38. The molecule has 0 bridgehead atoms. The Labute approximate surface area is 96.0 Å². The first-order chi connectivity index (χ1) is 7.11. The Bertz CT molecular complexity index is 245. The van der Waals surface area contributed by atoms with Gasteiger partial charge in [-0.3, -0.25) is 9.69 Å². The van der Waals surface area contributed by atoms with Gasteiger partial charge in [0.2, 0.25) is 5.91 Å². The Morgan fingerprint density at radius 2 is 2.07 bits per heavy atom. The SMILES string of the molecule is NC(=O)C1CCN1CCCCCC(N)=S. The summed E-state index contributed by atoms with van der Waals surface area (Å²) in [5.41, 5.74) is 10.6. The van der Waals surface area contributed by atoms with Crippen LogP contribution in [0.1, 0.15) is 32.1 Å². The van der Waals surface area contributed by atoms with Crippen LogP contribution in [0.15, 0.2) is 0 Å². The summed E-state index contributed by atoms with van der Waals surface area (Å²) in [6.45, 7) is 1.97. The minimum absolute atomic E-state index is 0.0133. The Kier molecular flexibility index (Phi) is 4.98. The van der Waals surface area contributed by atoms with Gasteiger partial charge in [-0.1, -0.05) is 18.6 Å². The number of primary amides is 1. The monoisotopic (exact) mass is 229 g/mol. The highest BCUT2D eigenvalue weighted by Crippen LogP contribution is 2.17. The van der Waals surface area contributed by atoms with E-state index in [1.807, 2.05) is 0 Å². The molecule has 5 heteroatoms. The number of unbranched alkanes of at least 4 members (excludes halogenated alkanes) is 2. The molecule has 1 heterocycles. The topological polar surface area (TPSA) is 72.4 Å². The zero-order chi connectivity index (χ0) is 11.3. The molecule has 0 spiro atoms. The molecule has 0 aromatic rings. The van der Waals surface area contributed by atoms with Crippen molar-refractivity contribution in [3.63, 3.8) is 0 Å². The number of rotatable bonds is 7. The molecule has 0 aromatic heterocycles. The standard InChI is InChI=1S/C10H19N3OS/c11-9(15)4-2-1-3-6-13-7-5-8(13)10(12)14/h8H,1-7H2,(H2,11,15)(H2,12,14). The Hall–Kier alpha value is -0.680. The summed E-state index contributed by atoms with van der Waals surface area (Å²) < 4.78 is 0. The number of nitrogens with two attached hydrogens (primary N) is 2. The van der Waals surface area contributed by atoms with E-state index in [1.54, 1.807) is 0 Å². The second kappa shape index (κ2) is 6.02. The molecule has 1 aliphatic heterocycles. The molecule has 1 saturated heterocycles. The molecule has 0 aromatic carbocycles. The summed E-state index contributed by atoms with van der Waals surface area (Å²) in [5, 5.41) is 0. The van der Waals surface area contributed by atoms with Crippen molar-refractivity contribution in [2.75, 3.05) is 13.1 Å². The van der Waals surface area contributed by atoms with Crippen LogP contribution in [0.4, 0.5) is 0 Å². The van der Waals surface area contributed by atoms with Crippen LogP contribution in [0.5, 0.6) is 0 Å². The molecule has 1 unspecified atom stereocenters. The maximum absolute atomic E-state index is 10.9. The van der Waals surface area contributed by atoms with Crippen molar-refractivity contribution in [1.82, 2.24) is 4.90 Å². The third kappa shape index (κ3) is 4.13. The zero-order valence-corrected chi connectivity index (χ0v) is 9.76. The number of hydrogen-bond acceptors (Lipinski definition) is 3. The minimum atomic E-state index is -0.190. The van der Waals surface area contributed by atoms with Gasteiger partial charge in [-0.15, -0.1) is 0 Å². The van der Waals surface area contributed by atoms with Crippen molar-refractivity contribution in [3.8, 4) is 0 Å². The van der Waals surface area contributed by atoms with Gasteiger partial charge >= 0.3 is 0 Å². The van der Waals surface area contributed by atoms with Crippen LogP contribution in [0, 0.1) is 0 Å². The van der Waals surface area contributed by atoms with Gasteiger partial charge < -0.3 is 11.5 Å². The summed E-state index contributed by atoms with van der Waals surface area (Å²) in [7, 11) is 0. The van der Waals surface area contributed by atoms with Crippen LogP contribution in [0.2, 0.25) is 0 Å². The first-order valence-corrected chi connectivity index (χ1v) is 5.83. The number of amides is 1. The number of carbonyl (C=O) groups excluding carboxylic acids is 1. The van der Waals surface area contributed by atoms with E-state index in [2.05, 4.69) is 4.90 Å². The molecular weight excluding hydrogens is 210 g/mol. The molecule has 86 valence electrons. The van der Waals surface area contributed by atoms with E-state index < -0.39 is 0 Å². The summed E-state index contributed by atoms with van der Waals surface area (Å²) in [4.78, 5) is 13.7. The van der Waals surface area contributed by atoms with Crippen LogP contribution < -0.4 is 11.5 Å².